The van der Waals surface area contributed by atoms with Crippen LogP contribution in [0.15, 0.2) is 6.07 Å². The third-order valence-electron chi connectivity index (χ3n) is 4.98. The lowest BCUT2D eigenvalue weighted by Crippen LogP contribution is -2.28. The molecule has 2 atom stereocenters. The summed E-state index contributed by atoms with van der Waals surface area (Å²) in [4.78, 5) is 2.96. The van der Waals surface area contributed by atoms with Crippen molar-refractivity contribution in [2.24, 2.45) is 11.3 Å². The van der Waals surface area contributed by atoms with Gasteiger partial charge in [-0.3, -0.25) is 0 Å². The van der Waals surface area contributed by atoms with Crippen molar-refractivity contribution in [3.8, 4) is 0 Å². The summed E-state index contributed by atoms with van der Waals surface area (Å²) in [6.45, 7) is 12.7. The molecule has 1 N–H and O–H groups in total. The Morgan fingerprint density at radius 2 is 1.90 bits per heavy atom. The molecule has 1 fully saturated rings. The molecule has 1 aromatic rings. The minimum Gasteiger partial charge on any atom is -0.309 e. The number of aryl methyl sites for hydroxylation is 2. The molecule has 2 unspecified atom stereocenters. The fraction of sp³-hybridized carbons (Fsp3) is 0.778. The van der Waals surface area contributed by atoms with Crippen LogP contribution < -0.4 is 5.32 Å². The molecule has 1 aliphatic rings. The Labute approximate surface area is 129 Å². The van der Waals surface area contributed by atoms with E-state index in [1.807, 2.05) is 11.3 Å². The number of nitrogens with one attached hydrogen (secondary N) is 1. The fourth-order valence-electron chi connectivity index (χ4n) is 3.35. The van der Waals surface area contributed by atoms with Gasteiger partial charge < -0.3 is 5.32 Å². The number of thiophene rings is 1. The lowest BCUT2D eigenvalue weighted by molar-refractivity contribution is 0.213. The summed E-state index contributed by atoms with van der Waals surface area (Å²) >= 11 is 1.95. The summed E-state index contributed by atoms with van der Waals surface area (Å²) in [5.74, 6) is 0.903. The first-order valence-corrected chi connectivity index (χ1v) is 8.97. The highest BCUT2D eigenvalue weighted by Crippen LogP contribution is 2.36. The van der Waals surface area contributed by atoms with Gasteiger partial charge in [-0.15, -0.1) is 11.3 Å². The van der Waals surface area contributed by atoms with Crippen molar-refractivity contribution >= 4 is 11.3 Å². The van der Waals surface area contributed by atoms with Crippen LogP contribution in [0.1, 0.15) is 68.2 Å². The SMILES string of the molecule is Cc1cc(CNC2CCCC(C(C)(C)C)CC2)sc1C. The molecule has 1 saturated carbocycles. The maximum Gasteiger partial charge on any atom is 0.0302 e. The van der Waals surface area contributed by atoms with Gasteiger partial charge in [0.05, 0.1) is 0 Å². The van der Waals surface area contributed by atoms with Crippen molar-refractivity contribution in [1.82, 2.24) is 5.32 Å². The lowest BCUT2D eigenvalue weighted by atomic mass is 9.76. The second-order valence-corrected chi connectivity index (χ2v) is 8.94. The Morgan fingerprint density at radius 3 is 2.50 bits per heavy atom. The van der Waals surface area contributed by atoms with E-state index in [4.69, 9.17) is 0 Å². The topological polar surface area (TPSA) is 12.0 Å². The van der Waals surface area contributed by atoms with E-state index >= 15 is 0 Å². The van der Waals surface area contributed by atoms with E-state index in [0.717, 1.165) is 18.5 Å². The van der Waals surface area contributed by atoms with E-state index in [-0.39, 0.29) is 0 Å². The molecule has 114 valence electrons. The predicted molar refractivity (Wildman–Crippen MR) is 90.5 cm³/mol. The maximum atomic E-state index is 3.80. The van der Waals surface area contributed by atoms with Crippen LogP contribution in [0.2, 0.25) is 0 Å². The van der Waals surface area contributed by atoms with Crippen LogP contribution in [0.25, 0.3) is 0 Å². The molecular formula is C18H31NS. The summed E-state index contributed by atoms with van der Waals surface area (Å²) in [7, 11) is 0. The minimum absolute atomic E-state index is 0.483. The van der Waals surface area contributed by atoms with E-state index in [1.54, 1.807) is 0 Å². The summed E-state index contributed by atoms with van der Waals surface area (Å²) in [5.41, 5.74) is 1.93. The van der Waals surface area contributed by atoms with Gasteiger partial charge in [-0.25, -0.2) is 0 Å². The summed E-state index contributed by atoms with van der Waals surface area (Å²) in [6.07, 6.45) is 6.91. The molecule has 1 nitrogen and oxygen atoms in total. The Morgan fingerprint density at radius 1 is 1.15 bits per heavy atom. The van der Waals surface area contributed by atoms with Crippen molar-refractivity contribution in [2.45, 2.75) is 79.3 Å². The molecule has 1 heterocycles. The molecule has 0 radical (unpaired) electrons. The first-order valence-electron chi connectivity index (χ1n) is 8.15. The van der Waals surface area contributed by atoms with Crippen molar-refractivity contribution < 1.29 is 0 Å². The Kier molecular flexibility index (Phi) is 5.30. The highest BCUT2D eigenvalue weighted by atomic mass is 32.1. The van der Waals surface area contributed by atoms with Crippen LogP contribution >= 0.6 is 11.3 Å². The molecule has 1 aliphatic carbocycles. The third kappa shape index (κ3) is 4.33. The smallest absolute Gasteiger partial charge is 0.0302 e. The van der Waals surface area contributed by atoms with Gasteiger partial charge in [0.2, 0.25) is 0 Å². The summed E-state index contributed by atoms with van der Waals surface area (Å²) < 4.78 is 0. The van der Waals surface area contributed by atoms with Crippen LogP contribution in [-0.2, 0) is 6.54 Å². The van der Waals surface area contributed by atoms with Crippen molar-refractivity contribution in [3.63, 3.8) is 0 Å². The molecule has 0 amide bonds. The van der Waals surface area contributed by atoms with Gasteiger partial charge in [-0.2, -0.15) is 0 Å². The van der Waals surface area contributed by atoms with Crippen LogP contribution in [-0.4, -0.2) is 6.04 Å². The first-order chi connectivity index (χ1) is 9.36. The van der Waals surface area contributed by atoms with Gasteiger partial charge in [-0.05, 0) is 62.5 Å². The zero-order valence-corrected chi connectivity index (χ0v) is 14.7. The minimum atomic E-state index is 0.483. The molecule has 0 aliphatic heterocycles. The van der Waals surface area contributed by atoms with E-state index < -0.39 is 0 Å². The zero-order valence-electron chi connectivity index (χ0n) is 13.9. The quantitative estimate of drug-likeness (QED) is 0.731. The second-order valence-electron chi connectivity index (χ2n) is 7.60. The fourth-order valence-corrected chi connectivity index (χ4v) is 4.36. The molecular weight excluding hydrogens is 262 g/mol. The molecule has 0 bridgehead atoms. The Hall–Kier alpha value is -0.340. The van der Waals surface area contributed by atoms with Crippen molar-refractivity contribution in [2.75, 3.05) is 0 Å². The van der Waals surface area contributed by atoms with E-state index in [0.29, 0.717) is 5.41 Å². The Balaban J connectivity index is 1.82. The van der Waals surface area contributed by atoms with Crippen LogP contribution in [0.4, 0.5) is 0 Å². The van der Waals surface area contributed by atoms with Crippen molar-refractivity contribution in [3.05, 3.63) is 21.4 Å². The number of hydrogen-bond acceptors (Lipinski definition) is 2. The molecule has 0 aromatic carbocycles. The van der Waals surface area contributed by atoms with E-state index in [9.17, 15) is 0 Å². The highest BCUT2D eigenvalue weighted by molar-refractivity contribution is 7.12. The van der Waals surface area contributed by atoms with Gasteiger partial charge >= 0.3 is 0 Å². The largest absolute Gasteiger partial charge is 0.309 e. The van der Waals surface area contributed by atoms with Crippen LogP contribution in [0, 0.1) is 25.2 Å². The molecule has 0 spiro atoms. The molecule has 20 heavy (non-hydrogen) atoms. The molecule has 1 aromatic heterocycles. The number of hydrogen-bond donors (Lipinski definition) is 1. The highest BCUT2D eigenvalue weighted by Gasteiger charge is 2.27. The van der Waals surface area contributed by atoms with E-state index in [2.05, 4.69) is 46.0 Å². The van der Waals surface area contributed by atoms with Gasteiger partial charge in [0.15, 0.2) is 0 Å². The average molecular weight is 294 g/mol. The van der Waals surface area contributed by atoms with Gasteiger partial charge in [-0.1, -0.05) is 27.2 Å². The van der Waals surface area contributed by atoms with Gasteiger partial charge in [0, 0.05) is 22.3 Å². The monoisotopic (exact) mass is 293 g/mol. The van der Waals surface area contributed by atoms with Crippen LogP contribution in [0.3, 0.4) is 0 Å². The molecule has 0 saturated heterocycles. The summed E-state index contributed by atoms with van der Waals surface area (Å²) in [5, 5.41) is 3.80. The van der Waals surface area contributed by atoms with Crippen molar-refractivity contribution in [1.29, 1.82) is 0 Å². The molecule has 2 rings (SSSR count). The summed E-state index contributed by atoms with van der Waals surface area (Å²) in [6, 6.07) is 3.08. The normalized spacial score (nSPS) is 24.6. The third-order valence-corrected chi connectivity index (χ3v) is 6.13. The lowest BCUT2D eigenvalue weighted by Gasteiger charge is -2.29. The predicted octanol–water partition coefficient (Wildman–Crippen LogP) is 5.45. The number of rotatable bonds is 3. The maximum absolute atomic E-state index is 3.80. The zero-order chi connectivity index (χ0) is 14.8. The van der Waals surface area contributed by atoms with Crippen LogP contribution in [0.5, 0.6) is 0 Å². The molecule has 2 heteroatoms. The standard InChI is InChI=1S/C18H31NS/c1-13-11-17(20-14(13)2)12-19-16-8-6-7-15(9-10-16)18(3,4)5/h11,15-16,19H,6-10,12H2,1-5H3. The van der Waals surface area contributed by atoms with Gasteiger partial charge in [0.25, 0.3) is 0 Å². The second kappa shape index (κ2) is 6.62. The van der Waals surface area contributed by atoms with Gasteiger partial charge in [0.1, 0.15) is 0 Å². The van der Waals surface area contributed by atoms with E-state index in [1.165, 1.54) is 47.4 Å². The first kappa shape index (κ1) is 16.0. The Bertz CT molecular complexity index is 408. The average Bonchev–Trinajstić information content (AvgIpc) is 2.57.